The number of hydrogen-bond donors (Lipinski definition) is 1. The van der Waals surface area contributed by atoms with E-state index >= 15 is 0 Å². The SMILES string of the molecule is CC#Cc1cncc(/C=C/C(C)N[S@+]([O-])C(C)(C)C)c1. The first kappa shape index (κ1) is 16.8. The molecule has 108 valence electrons. The maximum atomic E-state index is 12.0. The van der Waals surface area contributed by atoms with Gasteiger partial charge in [-0.15, -0.1) is 10.6 Å². The molecule has 0 fully saturated rings. The Bertz CT molecular complexity index is 523. The molecule has 2 atom stereocenters. The summed E-state index contributed by atoms with van der Waals surface area (Å²) in [6.45, 7) is 9.62. The van der Waals surface area contributed by atoms with Crippen molar-refractivity contribution in [2.45, 2.75) is 45.4 Å². The molecule has 0 amide bonds. The summed E-state index contributed by atoms with van der Waals surface area (Å²) in [4.78, 5) is 4.15. The lowest BCUT2D eigenvalue weighted by Gasteiger charge is -2.25. The molecule has 0 aliphatic rings. The zero-order chi connectivity index (χ0) is 15.2. The fraction of sp³-hybridized carbons (Fsp3) is 0.438. The Morgan fingerprint density at radius 3 is 2.70 bits per heavy atom. The standard InChI is InChI=1S/C16H22N2OS/c1-6-7-14-10-15(12-17-11-14)9-8-13(2)18-20(19)16(3,4)5/h8-13,18H,1-5H3/b9-8+/t13?,20-/m1/s1. The molecule has 1 rings (SSSR count). The quantitative estimate of drug-likeness (QED) is 0.685. The summed E-state index contributed by atoms with van der Waals surface area (Å²) in [5.74, 6) is 5.83. The normalized spacial score (nSPS) is 14.7. The second kappa shape index (κ2) is 7.49. The van der Waals surface area contributed by atoms with Crippen molar-refractivity contribution in [2.24, 2.45) is 0 Å². The fourth-order valence-corrected chi connectivity index (χ4v) is 2.17. The van der Waals surface area contributed by atoms with Gasteiger partial charge in [0.15, 0.2) is 0 Å². The van der Waals surface area contributed by atoms with Gasteiger partial charge in [0, 0.05) is 29.3 Å². The maximum absolute atomic E-state index is 12.0. The number of nitrogens with one attached hydrogen (secondary N) is 1. The molecule has 3 nitrogen and oxygen atoms in total. The molecule has 0 saturated carbocycles. The lowest BCUT2D eigenvalue weighted by Crippen LogP contribution is -2.42. The monoisotopic (exact) mass is 290 g/mol. The van der Waals surface area contributed by atoms with Crippen LogP contribution in [0.4, 0.5) is 0 Å². The van der Waals surface area contributed by atoms with E-state index in [9.17, 15) is 4.55 Å². The van der Waals surface area contributed by atoms with Gasteiger partial charge in [0.1, 0.15) is 4.75 Å². The predicted molar refractivity (Wildman–Crippen MR) is 86.3 cm³/mol. The number of nitrogens with zero attached hydrogens (tertiary/aromatic N) is 1. The van der Waals surface area contributed by atoms with E-state index in [-0.39, 0.29) is 10.8 Å². The summed E-state index contributed by atoms with van der Waals surface area (Å²) in [6, 6.07) is 2.00. The van der Waals surface area contributed by atoms with E-state index in [4.69, 9.17) is 0 Å². The van der Waals surface area contributed by atoms with Crippen LogP contribution in [0.5, 0.6) is 0 Å². The second-order valence-corrected chi connectivity index (χ2v) is 7.53. The minimum absolute atomic E-state index is 0.0240. The van der Waals surface area contributed by atoms with Crippen LogP contribution in [0.3, 0.4) is 0 Å². The van der Waals surface area contributed by atoms with Crippen molar-refractivity contribution in [1.29, 1.82) is 0 Å². The summed E-state index contributed by atoms with van der Waals surface area (Å²) in [7, 11) is 0. The summed E-state index contributed by atoms with van der Waals surface area (Å²) in [6.07, 6.45) is 7.46. The topological polar surface area (TPSA) is 48.0 Å². The van der Waals surface area contributed by atoms with Crippen molar-refractivity contribution in [3.05, 3.63) is 35.7 Å². The van der Waals surface area contributed by atoms with Gasteiger partial charge in [-0.3, -0.25) is 4.98 Å². The molecular weight excluding hydrogens is 268 g/mol. The molecule has 1 heterocycles. The highest BCUT2D eigenvalue weighted by molar-refractivity contribution is 7.90. The average molecular weight is 290 g/mol. The Labute approximate surface area is 125 Å². The smallest absolute Gasteiger partial charge is 0.136 e. The molecule has 1 unspecified atom stereocenters. The van der Waals surface area contributed by atoms with Gasteiger partial charge in [-0.05, 0) is 46.2 Å². The van der Waals surface area contributed by atoms with Gasteiger partial charge in [0.2, 0.25) is 0 Å². The van der Waals surface area contributed by atoms with Gasteiger partial charge in [0.05, 0.1) is 6.04 Å². The zero-order valence-corrected chi connectivity index (χ0v) is 13.5. The summed E-state index contributed by atoms with van der Waals surface area (Å²) in [5.41, 5.74) is 1.88. The molecule has 0 spiro atoms. The number of aromatic nitrogens is 1. The third-order valence-corrected chi connectivity index (χ3v) is 4.15. The lowest BCUT2D eigenvalue weighted by molar-refractivity contribution is 0.539. The minimum atomic E-state index is -1.07. The Hall–Kier alpha value is -1.28. The van der Waals surface area contributed by atoms with Gasteiger partial charge in [-0.2, -0.15) is 0 Å². The first-order valence-electron chi connectivity index (χ1n) is 6.57. The van der Waals surface area contributed by atoms with Crippen molar-refractivity contribution in [3.8, 4) is 11.8 Å². The van der Waals surface area contributed by atoms with Crippen LogP contribution in [0.1, 0.15) is 45.7 Å². The molecule has 0 aliphatic carbocycles. The largest absolute Gasteiger partial charge is 0.598 e. The molecule has 1 aromatic rings. The van der Waals surface area contributed by atoms with E-state index < -0.39 is 11.4 Å². The number of pyridine rings is 1. The van der Waals surface area contributed by atoms with Crippen LogP contribution in [0.2, 0.25) is 0 Å². The van der Waals surface area contributed by atoms with E-state index in [1.807, 2.05) is 45.9 Å². The molecular formula is C16H22N2OS. The Morgan fingerprint density at radius 1 is 1.40 bits per heavy atom. The molecule has 4 heteroatoms. The highest BCUT2D eigenvalue weighted by Gasteiger charge is 2.27. The third kappa shape index (κ3) is 5.79. The van der Waals surface area contributed by atoms with Gasteiger partial charge < -0.3 is 4.55 Å². The minimum Gasteiger partial charge on any atom is -0.598 e. The second-order valence-electron chi connectivity index (χ2n) is 5.53. The molecule has 0 radical (unpaired) electrons. The van der Waals surface area contributed by atoms with E-state index in [0.29, 0.717) is 0 Å². The van der Waals surface area contributed by atoms with Crippen molar-refractivity contribution >= 4 is 17.4 Å². The number of hydrogen-bond acceptors (Lipinski definition) is 3. The molecule has 20 heavy (non-hydrogen) atoms. The number of rotatable bonds is 4. The predicted octanol–water partition coefficient (Wildman–Crippen LogP) is 2.91. The Kier molecular flexibility index (Phi) is 6.28. The Balaban J connectivity index is 2.67. The Morgan fingerprint density at radius 2 is 2.10 bits per heavy atom. The van der Waals surface area contributed by atoms with Crippen LogP contribution in [-0.4, -0.2) is 20.3 Å². The highest BCUT2D eigenvalue weighted by atomic mass is 32.2. The third-order valence-electron chi connectivity index (χ3n) is 2.46. The highest BCUT2D eigenvalue weighted by Crippen LogP contribution is 2.14. The molecule has 1 N–H and O–H groups in total. The lowest BCUT2D eigenvalue weighted by atomic mass is 10.2. The molecule has 1 aromatic heterocycles. The zero-order valence-electron chi connectivity index (χ0n) is 12.7. The van der Waals surface area contributed by atoms with E-state index in [1.165, 1.54) is 0 Å². The van der Waals surface area contributed by atoms with Gasteiger partial charge in [-0.25, -0.2) is 0 Å². The van der Waals surface area contributed by atoms with Crippen LogP contribution < -0.4 is 4.72 Å². The first-order valence-corrected chi connectivity index (χ1v) is 7.72. The van der Waals surface area contributed by atoms with Crippen molar-refractivity contribution in [1.82, 2.24) is 9.71 Å². The van der Waals surface area contributed by atoms with Gasteiger partial charge in [0.25, 0.3) is 0 Å². The van der Waals surface area contributed by atoms with Crippen LogP contribution in [-0.2, 0) is 11.4 Å². The van der Waals surface area contributed by atoms with Crippen LogP contribution >= 0.6 is 0 Å². The summed E-state index contributed by atoms with van der Waals surface area (Å²) < 4.78 is 14.8. The first-order chi connectivity index (χ1) is 9.32. The van der Waals surface area contributed by atoms with Gasteiger partial charge >= 0.3 is 0 Å². The van der Waals surface area contributed by atoms with E-state index in [0.717, 1.165) is 11.1 Å². The molecule has 0 bridgehead atoms. The van der Waals surface area contributed by atoms with Crippen LogP contribution in [0.25, 0.3) is 6.08 Å². The van der Waals surface area contributed by atoms with Crippen molar-refractivity contribution in [2.75, 3.05) is 0 Å². The van der Waals surface area contributed by atoms with Gasteiger partial charge in [-0.1, -0.05) is 18.1 Å². The average Bonchev–Trinajstić information content (AvgIpc) is 2.36. The molecule has 0 aliphatic heterocycles. The maximum Gasteiger partial charge on any atom is 0.136 e. The van der Waals surface area contributed by atoms with Crippen LogP contribution in [0, 0.1) is 11.8 Å². The summed E-state index contributed by atoms with van der Waals surface area (Å²) >= 11 is -1.07. The molecule has 0 aromatic carbocycles. The fourth-order valence-electron chi connectivity index (χ4n) is 1.40. The van der Waals surface area contributed by atoms with E-state index in [1.54, 1.807) is 19.3 Å². The van der Waals surface area contributed by atoms with Crippen molar-refractivity contribution in [3.63, 3.8) is 0 Å². The van der Waals surface area contributed by atoms with E-state index in [2.05, 4.69) is 21.5 Å². The summed E-state index contributed by atoms with van der Waals surface area (Å²) in [5, 5.41) is 0. The van der Waals surface area contributed by atoms with Crippen molar-refractivity contribution < 1.29 is 4.55 Å². The van der Waals surface area contributed by atoms with Crippen LogP contribution in [0.15, 0.2) is 24.5 Å². The molecule has 0 saturated heterocycles.